The van der Waals surface area contributed by atoms with E-state index in [1.165, 1.54) is 10.9 Å². The van der Waals surface area contributed by atoms with Crippen LogP contribution in [0.4, 0.5) is 4.79 Å². The number of rotatable bonds is 2. The molecule has 0 saturated heterocycles. The lowest BCUT2D eigenvalue weighted by molar-refractivity contribution is 0.208. The van der Waals surface area contributed by atoms with E-state index in [0.29, 0.717) is 16.6 Å². The van der Waals surface area contributed by atoms with Crippen LogP contribution < -0.4 is 0 Å². The van der Waals surface area contributed by atoms with Crippen molar-refractivity contribution in [3.05, 3.63) is 52.5 Å². The molecule has 4 nitrogen and oxygen atoms in total. The van der Waals surface area contributed by atoms with E-state index in [9.17, 15) is 4.79 Å². The zero-order valence-corrected chi connectivity index (χ0v) is 11.2. The SMILES string of the molecule is CN(Cc1cc(Cl)cc(Cl)c1)C(=O)n1ccnc1. The van der Waals surface area contributed by atoms with E-state index in [-0.39, 0.29) is 6.03 Å². The van der Waals surface area contributed by atoms with Gasteiger partial charge in [-0.05, 0) is 23.8 Å². The Morgan fingerprint density at radius 3 is 2.56 bits per heavy atom. The number of carbonyl (C=O) groups excluding carboxylic acids is 1. The summed E-state index contributed by atoms with van der Waals surface area (Å²) in [7, 11) is 1.71. The number of carbonyl (C=O) groups is 1. The molecule has 0 aliphatic rings. The van der Waals surface area contributed by atoms with Gasteiger partial charge in [-0.1, -0.05) is 23.2 Å². The Morgan fingerprint density at radius 1 is 1.33 bits per heavy atom. The Balaban J connectivity index is 2.11. The third-order valence-corrected chi connectivity index (χ3v) is 2.83. The van der Waals surface area contributed by atoms with Crippen LogP contribution >= 0.6 is 23.2 Å². The molecule has 0 aliphatic carbocycles. The first kappa shape index (κ1) is 12.9. The molecule has 1 amide bonds. The Labute approximate surface area is 115 Å². The van der Waals surface area contributed by atoms with Crippen molar-refractivity contribution < 1.29 is 4.79 Å². The van der Waals surface area contributed by atoms with Crippen molar-refractivity contribution in [3.63, 3.8) is 0 Å². The van der Waals surface area contributed by atoms with Crippen LogP contribution in [0.3, 0.4) is 0 Å². The molecule has 0 radical (unpaired) electrons. The standard InChI is InChI=1S/C12H11Cl2N3O/c1-16(12(18)17-3-2-15-8-17)7-9-4-10(13)6-11(14)5-9/h2-6,8H,7H2,1H3. The number of hydrogen-bond donors (Lipinski definition) is 0. The maximum Gasteiger partial charge on any atom is 0.329 e. The first-order valence-corrected chi connectivity index (χ1v) is 6.00. The predicted octanol–water partition coefficient (Wildman–Crippen LogP) is 3.29. The summed E-state index contributed by atoms with van der Waals surface area (Å²) in [6.45, 7) is 0.428. The van der Waals surface area contributed by atoms with Gasteiger partial charge in [0.25, 0.3) is 0 Å². The molecular formula is C12H11Cl2N3O. The van der Waals surface area contributed by atoms with E-state index in [2.05, 4.69) is 4.98 Å². The van der Waals surface area contributed by atoms with Crippen molar-refractivity contribution in [2.45, 2.75) is 6.54 Å². The number of amides is 1. The lowest BCUT2D eigenvalue weighted by atomic mass is 10.2. The van der Waals surface area contributed by atoms with Crippen LogP contribution in [0.15, 0.2) is 36.9 Å². The van der Waals surface area contributed by atoms with E-state index < -0.39 is 0 Å². The van der Waals surface area contributed by atoms with Gasteiger partial charge in [-0.3, -0.25) is 4.57 Å². The first-order valence-electron chi connectivity index (χ1n) is 5.24. The van der Waals surface area contributed by atoms with Crippen molar-refractivity contribution in [1.82, 2.24) is 14.5 Å². The highest BCUT2D eigenvalue weighted by Gasteiger charge is 2.11. The van der Waals surface area contributed by atoms with Crippen LogP contribution in [0, 0.1) is 0 Å². The molecule has 0 N–H and O–H groups in total. The molecule has 1 aromatic heterocycles. The molecule has 0 bridgehead atoms. The molecule has 0 fully saturated rings. The van der Waals surface area contributed by atoms with Gasteiger partial charge in [-0.15, -0.1) is 0 Å². The van der Waals surface area contributed by atoms with Crippen molar-refractivity contribution in [3.8, 4) is 0 Å². The molecule has 0 spiro atoms. The van der Waals surface area contributed by atoms with E-state index >= 15 is 0 Å². The Kier molecular flexibility index (Phi) is 3.89. The molecule has 94 valence electrons. The van der Waals surface area contributed by atoms with Gasteiger partial charge in [0.15, 0.2) is 0 Å². The van der Waals surface area contributed by atoms with Crippen molar-refractivity contribution in [2.24, 2.45) is 0 Å². The summed E-state index contributed by atoms with van der Waals surface area (Å²) >= 11 is 11.8. The summed E-state index contributed by atoms with van der Waals surface area (Å²) in [5.74, 6) is 0. The highest BCUT2D eigenvalue weighted by Crippen LogP contribution is 2.20. The van der Waals surface area contributed by atoms with E-state index in [0.717, 1.165) is 5.56 Å². The van der Waals surface area contributed by atoms with Crippen LogP contribution in [-0.2, 0) is 6.54 Å². The molecule has 18 heavy (non-hydrogen) atoms. The average Bonchev–Trinajstić information content (AvgIpc) is 2.79. The summed E-state index contributed by atoms with van der Waals surface area (Å²) < 4.78 is 1.41. The van der Waals surface area contributed by atoms with Crippen LogP contribution in [0.5, 0.6) is 0 Å². The molecule has 6 heteroatoms. The van der Waals surface area contributed by atoms with Gasteiger partial charge < -0.3 is 4.90 Å². The summed E-state index contributed by atoms with van der Waals surface area (Å²) in [5.41, 5.74) is 0.878. The van der Waals surface area contributed by atoms with Gasteiger partial charge in [-0.25, -0.2) is 9.78 Å². The smallest absolute Gasteiger partial charge is 0.323 e. The van der Waals surface area contributed by atoms with Crippen molar-refractivity contribution >= 4 is 29.2 Å². The molecular weight excluding hydrogens is 273 g/mol. The minimum atomic E-state index is -0.163. The number of halogens is 2. The third kappa shape index (κ3) is 3.03. The van der Waals surface area contributed by atoms with Gasteiger partial charge >= 0.3 is 6.03 Å². The molecule has 0 saturated carbocycles. The van der Waals surface area contributed by atoms with Crippen LogP contribution in [-0.4, -0.2) is 27.5 Å². The molecule has 1 aromatic carbocycles. The number of imidazole rings is 1. The largest absolute Gasteiger partial charge is 0.329 e. The second-order valence-corrected chi connectivity index (χ2v) is 4.76. The lowest BCUT2D eigenvalue weighted by Gasteiger charge is -2.17. The van der Waals surface area contributed by atoms with E-state index in [4.69, 9.17) is 23.2 Å². The van der Waals surface area contributed by atoms with Crippen LogP contribution in [0.1, 0.15) is 5.56 Å². The number of hydrogen-bond acceptors (Lipinski definition) is 2. The highest BCUT2D eigenvalue weighted by molar-refractivity contribution is 6.34. The maximum atomic E-state index is 12.0. The summed E-state index contributed by atoms with van der Waals surface area (Å²) in [4.78, 5) is 17.4. The summed E-state index contributed by atoms with van der Waals surface area (Å²) in [5, 5.41) is 1.11. The lowest BCUT2D eigenvalue weighted by Crippen LogP contribution is -2.29. The molecule has 0 unspecified atom stereocenters. The number of nitrogens with zero attached hydrogens (tertiary/aromatic N) is 3. The fraction of sp³-hybridized carbons (Fsp3) is 0.167. The highest BCUT2D eigenvalue weighted by atomic mass is 35.5. The Hall–Kier alpha value is -1.52. The van der Waals surface area contributed by atoms with Gasteiger partial charge in [0, 0.05) is 36.0 Å². The molecule has 0 aliphatic heterocycles. The quantitative estimate of drug-likeness (QED) is 0.848. The zero-order valence-electron chi connectivity index (χ0n) is 9.68. The van der Waals surface area contributed by atoms with Gasteiger partial charge in [0.2, 0.25) is 0 Å². The average molecular weight is 284 g/mol. The van der Waals surface area contributed by atoms with Crippen molar-refractivity contribution in [1.29, 1.82) is 0 Å². The molecule has 0 atom stereocenters. The Bertz CT molecular complexity index is 534. The second kappa shape index (κ2) is 5.42. The summed E-state index contributed by atoms with van der Waals surface area (Å²) in [6, 6.07) is 5.06. The number of aromatic nitrogens is 2. The fourth-order valence-corrected chi connectivity index (χ4v) is 2.18. The summed E-state index contributed by atoms with van der Waals surface area (Å²) in [6.07, 6.45) is 4.62. The first-order chi connectivity index (χ1) is 8.56. The fourth-order valence-electron chi connectivity index (χ4n) is 1.61. The topological polar surface area (TPSA) is 38.1 Å². The maximum absolute atomic E-state index is 12.0. The zero-order chi connectivity index (χ0) is 13.1. The van der Waals surface area contributed by atoms with E-state index in [1.807, 2.05) is 0 Å². The minimum Gasteiger partial charge on any atom is -0.323 e. The predicted molar refractivity (Wildman–Crippen MR) is 71.0 cm³/mol. The second-order valence-electron chi connectivity index (χ2n) is 3.89. The Morgan fingerprint density at radius 2 is 2.00 bits per heavy atom. The van der Waals surface area contributed by atoms with Gasteiger partial charge in [0.05, 0.1) is 0 Å². The van der Waals surface area contributed by atoms with Gasteiger partial charge in [0.1, 0.15) is 6.33 Å². The van der Waals surface area contributed by atoms with Crippen molar-refractivity contribution in [2.75, 3.05) is 7.05 Å². The number of benzene rings is 1. The minimum absolute atomic E-state index is 0.163. The van der Waals surface area contributed by atoms with E-state index in [1.54, 1.807) is 42.5 Å². The normalized spacial score (nSPS) is 10.4. The van der Waals surface area contributed by atoms with Crippen LogP contribution in [0.25, 0.3) is 0 Å². The molecule has 1 heterocycles. The third-order valence-electron chi connectivity index (χ3n) is 2.39. The van der Waals surface area contributed by atoms with Crippen LogP contribution in [0.2, 0.25) is 10.0 Å². The van der Waals surface area contributed by atoms with Gasteiger partial charge in [-0.2, -0.15) is 0 Å². The molecule has 2 aromatic rings. The monoisotopic (exact) mass is 283 g/mol. The molecule has 2 rings (SSSR count).